The molecule has 1 aliphatic heterocycles. The van der Waals surface area contributed by atoms with Gasteiger partial charge in [0.15, 0.2) is 0 Å². The van der Waals surface area contributed by atoms with Crippen LogP contribution in [0.1, 0.15) is 12.2 Å². The highest BCUT2D eigenvalue weighted by Crippen LogP contribution is 2.24. The molecule has 0 spiro atoms. The van der Waals surface area contributed by atoms with E-state index in [9.17, 15) is 9.90 Å². The molecule has 0 atom stereocenters. The molecule has 1 aromatic carbocycles. The molecule has 1 N–H and O–H groups in total. The van der Waals surface area contributed by atoms with E-state index in [0.717, 1.165) is 0 Å². The Morgan fingerprint density at radius 1 is 1.22 bits per heavy atom. The molecule has 0 fully saturated rings. The Morgan fingerprint density at radius 2 is 2.00 bits per heavy atom. The Balaban J connectivity index is 1.93. The maximum absolute atomic E-state index is 11.9. The number of phenolic OH excluding ortho intramolecular Hbond substituents is 1. The van der Waals surface area contributed by atoms with Gasteiger partial charge in [0.2, 0.25) is 0 Å². The van der Waals surface area contributed by atoms with Crippen molar-refractivity contribution in [3.8, 4) is 5.75 Å². The molecule has 1 aliphatic rings. The lowest BCUT2D eigenvalue weighted by Gasteiger charge is -2.10. The van der Waals surface area contributed by atoms with Crippen LogP contribution in [0.5, 0.6) is 5.75 Å². The first kappa shape index (κ1) is 10.6. The number of carbonyl (C=O) groups excluding carboxylic acids is 1. The normalized spacial score (nSPS) is 15.0. The van der Waals surface area contributed by atoms with Crippen molar-refractivity contribution in [3.05, 3.63) is 48.4 Å². The summed E-state index contributed by atoms with van der Waals surface area (Å²) in [4.78, 5) is 11.9. The molecule has 1 amide bonds. The molecule has 0 saturated heterocycles. The van der Waals surface area contributed by atoms with Gasteiger partial charge in [0, 0.05) is 0 Å². The fourth-order valence-electron chi connectivity index (χ4n) is 1.80. The smallest absolute Gasteiger partial charge is 0.253 e. The zero-order valence-corrected chi connectivity index (χ0v) is 9.41. The van der Waals surface area contributed by atoms with Crippen LogP contribution in [0.15, 0.2) is 52.2 Å². The van der Waals surface area contributed by atoms with E-state index in [1.54, 1.807) is 30.5 Å². The second-order valence-corrected chi connectivity index (χ2v) is 3.92. The van der Waals surface area contributed by atoms with E-state index < -0.39 is 0 Å². The monoisotopic (exact) mass is 242 g/mol. The zero-order chi connectivity index (χ0) is 12.5. The topological polar surface area (TPSA) is 66.0 Å². The van der Waals surface area contributed by atoms with Crippen LogP contribution < -0.4 is 5.01 Å². The van der Waals surface area contributed by atoms with Gasteiger partial charge in [0.1, 0.15) is 17.2 Å². The van der Waals surface area contributed by atoms with Crippen LogP contribution in [-0.4, -0.2) is 16.7 Å². The van der Waals surface area contributed by atoms with Crippen LogP contribution in [-0.2, 0) is 4.79 Å². The number of aromatic hydroxyl groups is 1. The van der Waals surface area contributed by atoms with Gasteiger partial charge < -0.3 is 9.52 Å². The number of phenols is 1. The molecule has 0 bridgehead atoms. The highest BCUT2D eigenvalue weighted by Gasteiger charge is 2.27. The molecular formula is C13H10N2O3. The number of hydrazone groups is 1. The van der Waals surface area contributed by atoms with E-state index in [2.05, 4.69) is 5.10 Å². The molecule has 2 heterocycles. The molecule has 3 rings (SSSR count). The molecule has 1 aromatic heterocycles. The van der Waals surface area contributed by atoms with Gasteiger partial charge in [-0.25, -0.2) is 5.01 Å². The van der Waals surface area contributed by atoms with Crippen molar-refractivity contribution in [1.29, 1.82) is 0 Å². The minimum Gasteiger partial charge on any atom is -0.508 e. The fraction of sp³-hybridized carbons (Fsp3) is 0.0769. The van der Waals surface area contributed by atoms with E-state index in [1.807, 2.05) is 0 Å². The summed E-state index contributed by atoms with van der Waals surface area (Å²) in [5, 5.41) is 14.8. The van der Waals surface area contributed by atoms with E-state index >= 15 is 0 Å². The number of furan rings is 1. The van der Waals surface area contributed by atoms with Gasteiger partial charge in [-0.05, 0) is 36.4 Å². The third-order valence-electron chi connectivity index (χ3n) is 2.68. The lowest BCUT2D eigenvalue weighted by molar-refractivity contribution is -0.116. The van der Waals surface area contributed by atoms with Crippen molar-refractivity contribution in [2.45, 2.75) is 6.42 Å². The Labute approximate surface area is 103 Å². The van der Waals surface area contributed by atoms with Crippen molar-refractivity contribution in [1.82, 2.24) is 0 Å². The van der Waals surface area contributed by atoms with Gasteiger partial charge in [-0.1, -0.05) is 0 Å². The minimum atomic E-state index is -0.118. The quantitative estimate of drug-likeness (QED) is 0.877. The predicted molar refractivity (Wildman–Crippen MR) is 65.5 cm³/mol. The first-order valence-corrected chi connectivity index (χ1v) is 5.47. The summed E-state index contributed by atoms with van der Waals surface area (Å²) >= 11 is 0. The summed E-state index contributed by atoms with van der Waals surface area (Å²) in [6, 6.07) is 9.84. The summed E-state index contributed by atoms with van der Waals surface area (Å²) in [7, 11) is 0. The summed E-state index contributed by atoms with van der Waals surface area (Å²) in [6.45, 7) is 0. The Kier molecular flexibility index (Phi) is 2.37. The number of hydrogen-bond donors (Lipinski definition) is 1. The molecule has 0 unspecified atom stereocenters. The van der Waals surface area contributed by atoms with Crippen LogP contribution in [0.4, 0.5) is 5.69 Å². The largest absolute Gasteiger partial charge is 0.508 e. The van der Waals surface area contributed by atoms with Gasteiger partial charge >= 0.3 is 0 Å². The molecule has 0 aliphatic carbocycles. The van der Waals surface area contributed by atoms with Gasteiger partial charge in [0.25, 0.3) is 5.91 Å². The number of amides is 1. The van der Waals surface area contributed by atoms with Gasteiger partial charge in [-0.15, -0.1) is 0 Å². The van der Waals surface area contributed by atoms with Gasteiger partial charge in [-0.2, -0.15) is 5.10 Å². The standard InChI is InChI=1S/C13H10N2O3/c16-10-5-3-9(4-6-10)15-13(17)8-11(14-15)12-2-1-7-18-12/h1-7,16H,8H2. The lowest BCUT2D eigenvalue weighted by Crippen LogP contribution is -2.19. The van der Waals surface area contributed by atoms with E-state index in [0.29, 0.717) is 17.2 Å². The average molecular weight is 242 g/mol. The molecule has 2 aromatic rings. The van der Waals surface area contributed by atoms with E-state index in [-0.39, 0.29) is 18.1 Å². The molecule has 0 radical (unpaired) electrons. The van der Waals surface area contributed by atoms with E-state index in [4.69, 9.17) is 4.42 Å². The van der Waals surface area contributed by atoms with Crippen molar-refractivity contribution < 1.29 is 14.3 Å². The number of hydrogen-bond acceptors (Lipinski definition) is 4. The second kappa shape index (κ2) is 4.03. The van der Waals surface area contributed by atoms with Crippen LogP contribution in [0.3, 0.4) is 0 Å². The maximum atomic E-state index is 11.9. The van der Waals surface area contributed by atoms with Crippen LogP contribution in [0, 0.1) is 0 Å². The first-order chi connectivity index (χ1) is 8.74. The van der Waals surface area contributed by atoms with Crippen LogP contribution >= 0.6 is 0 Å². The van der Waals surface area contributed by atoms with Crippen LogP contribution in [0.2, 0.25) is 0 Å². The second-order valence-electron chi connectivity index (χ2n) is 3.92. The Bertz CT molecular complexity index is 600. The molecule has 5 heteroatoms. The molecule has 90 valence electrons. The summed E-state index contributed by atoms with van der Waals surface area (Å²) < 4.78 is 5.22. The summed E-state index contributed by atoms with van der Waals surface area (Å²) in [5.74, 6) is 0.636. The van der Waals surface area contributed by atoms with Crippen molar-refractivity contribution >= 4 is 17.3 Å². The number of anilines is 1. The van der Waals surface area contributed by atoms with Crippen molar-refractivity contribution in [2.75, 3.05) is 5.01 Å². The molecule has 18 heavy (non-hydrogen) atoms. The number of nitrogens with zero attached hydrogens (tertiary/aromatic N) is 2. The number of carbonyl (C=O) groups is 1. The van der Waals surface area contributed by atoms with Crippen molar-refractivity contribution in [3.63, 3.8) is 0 Å². The summed E-state index contributed by atoms with van der Waals surface area (Å²) in [5.41, 5.74) is 1.23. The zero-order valence-electron chi connectivity index (χ0n) is 9.41. The third kappa shape index (κ3) is 1.75. The highest BCUT2D eigenvalue weighted by atomic mass is 16.3. The molecular weight excluding hydrogens is 232 g/mol. The van der Waals surface area contributed by atoms with Gasteiger partial charge in [-0.3, -0.25) is 4.79 Å². The van der Waals surface area contributed by atoms with Crippen molar-refractivity contribution in [2.24, 2.45) is 5.10 Å². The van der Waals surface area contributed by atoms with E-state index in [1.165, 1.54) is 17.1 Å². The summed E-state index contributed by atoms with van der Waals surface area (Å²) in [6.07, 6.45) is 1.76. The predicted octanol–water partition coefficient (Wildman–Crippen LogP) is 2.13. The number of benzene rings is 1. The van der Waals surface area contributed by atoms with Crippen LogP contribution in [0.25, 0.3) is 0 Å². The lowest BCUT2D eigenvalue weighted by atomic mass is 10.2. The fourth-order valence-corrected chi connectivity index (χ4v) is 1.80. The molecule has 0 saturated carbocycles. The highest BCUT2D eigenvalue weighted by molar-refractivity contribution is 6.18. The Hall–Kier alpha value is -2.56. The minimum absolute atomic E-state index is 0.118. The maximum Gasteiger partial charge on any atom is 0.253 e. The average Bonchev–Trinajstić information content (AvgIpc) is 2.99. The Morgan fingerprint density at radius 3 is 2.67 bits per heavy atom. The van der Waals surface area contributed by atoms with Gasteiger partial charge in [0.05, 0.1) is 18.4 Å². The molecule has 5 nitrogen and oxygen atoms in total. The first-order valence-electron chi connectivity index (χ1n) is 5.47. The third-order valence-corrected chi connectivity index (χ3v) is 2.68. The SMILES string of the molecule is O=C1CC(c2ccco2)=NN1c1ccc(O)cc1. The number of rotatable bonds is 2.